The van der Waals surface area contributed by atoms with Crippen molar-refractivity contribution in [3.05, 3.63) is 21.4 Å². The SMILES string of the molecule is Cc1sc(CNC(C)(C)C)cc1CN1CCOCC1C. The van der Waals surface area contributed by atoms with Crippen molar-refractivity contribution in [3.63, 3.8) is 0 Å². The number of aryl methyl sites for hydroxylation is 1. The van der Waals surface area contributed by atoms with Crippen molar-refractivity contribution in [3.8, 4) is 0 Å². The van der Waals surface area contributed by atoms with E-state index < -0.39 is 0 Å². The maximum Gasteiger partial charge on any atom is 0.0619 e. The molecule has 0 amide bonds. The van der Waals surface area contributed by atoms with Gasteiger partial charge >= 0.3 is 0 Å². The van der Waals surface area contributed by atoms with Crippen LogP contribution in [0.2, 0.25) is 0 Å². The lowest BCUT2D eigenvalue weighted by Gasteiger charge is -2.33. The molecule has 0 spiro atoms. The van der Waals surface area contributed by atoms with Gasteiger partial charge in [-0.15, -0.1) is 11.3 Å². The number of ether oxygens (including phenoxy) is 1. The molecule has 1 aromatic rings. The Morgan fingerprint density at radius 1 is 1.45 bits per heavy atom. The third kappa shape index (κ3) is 4.55. The molecule has 114 valence electrons. The average Bonchev–Trinajstić information content (AvgIpc) is 2.70. The summed E-state index contributed by atoms with van der Waals surface area (Å²) in [6, 6.07) is 2.90. The Morgan fingerprint density at radius 3 is 2.85 bits per heavy atom. The first-order chi connectivity index (χ1) is 9.35. The second kappa shape index (κ2) is 6.56. The van der Waals surface area contributed by atoms with Crippen LogP contribution in [-0.4, -0.2) is 36.2 Å². The van der Waals surface area contributed by atoms with E-state index in [1.807, 2.05) is 11.3 Å². The fourth-order valence-corrected chi connectivity index (χ4v) is 3.39. The van der Waals surface area contributed by atoms with Crippen molar-refractivity contribution in [2.75, 3.05) is 19.8 Å². The van der Waals surface area contributed by atoms with E-state index in [1.54, 1.807) is 0 Å². The van der Waals surface area contributed by atoms with E-state index in [0.29, 0.717) is 6.04 Å². The first-order valence-electron chi connectivity index (χ1n) is 7.50. The lowest BCUT2D eigenvalue weighted by molar-refractivity contribution is -0.00439. The van der Waals surface area contributed by atoms with Crippen LogP contribution in [0.25, 0.3) is 0 Å². The Bertz CT molecular complexity index is 436. The summed E-state index contributed by atoms with van der Waals surface area (Å²) in [7, 11) is 0. The van der Waals surface area contributed by atoms with Gasteiger partial charge in [0.25, 0.3) is 0 Å². The molecule has 1 aromatic heterocycles. The number of morpholine rings is 1. The molecule has 20 heavy (non-hydrogen) atoms. The molecular weight excluding hydrogens is 268 g/mol. The number of nitrogens with zero attached hydrogens (tertiary/aromatic N) is 1. The molecule has 2 heterocycles. The van der Waals surface area contributed by atoms with Gasteiger partial charge in [-0.05, 0) is 46.2 Å². The molecule has 0 aliphatic carbocycles. The molecule has 0 aromatic carbocycles. The predicted octanol–water partition coefficient (Wildman–Crippen LogP) is 3.17. The van der Waals surface area contributed by atoms with Crippen molar-refractivity contribution in [1.82, 2.24) is 10.2 Å². The van der Waals surface area contributed by atoms with Crippen molar-refractivity contribution in [2.45, 2.75) is 59.3 Å². The summed E-state index contributed by atoms with van der Waals surface area (Å²) in [5.41, 5.74) is 1.66. The summed E-state index contributed by atoms with van der Waals surface area (Å²) in [4.78, 5) is 5.42. The molecule has 0 saturated carbocycles. The number of hydrogen-bond donors (Lipinski definition) is 1. The number of rotatable bonds is 4. The molecule has 4 heteroatoms. The molecule has 1 unspecified atom stereocenters. The maximum atomic E-state index is 5.51. The quantitative estimate of drug-likeness (QED) is 0.923. The minimum atomic E-state index is 0.177. The van der Waals surface area contributed by atoms with Gasteiger partial charge in [0.1, 0.15) is 0 Å². The van der Waals surface area contributed by atoms with E-state index in [0.717, 1.165) is 32.8 Å². The van der Waals surface area contributed by atoms with Crippen LogP contribution in [-0.2, 0) is 17.8 Å². The second-order valence-electron chi connectivity index (χ2n) is 6.79. The maximum absolute atomic E-state index is 5.51. The van der Waals surface area contributed by atoms with Crippen molar-refractivity contribution in [1.29, 1.82) is 0 Å². The Balaban J connectivity index is 1.96. The van der Waals surface area contributed by atoms with E-state index in [-0.39, 0.29) is 5.54 Å². The molecule has 1 aliphatic heterocycles. The highest BCUT2D eigenvalue weighted by molar-refractivity contribution is 7.12. The highest BCUT2D eigenvalue weighted by Gasteiger charge is 2.20. The predicted molar refractivity (Wildman–Crippen MR) is 86.3 cm³/mol. The largest absolute Gasteiger partial charge is 0.379 e. The third-order valence-electron chi connectivity index (χ3n) is 3.74. The van der Waals surface area contributed by atoms with E-state index in [1.165, 1.54) is 15.3 Å². The number of nitrogens with one attached hydrogen (secondary N) is 1. The topological polar surface area (TPSA) is 24.5 Å². The first kappa shape index (κ1) is 16.0. The summed E-state index contributed by atoms with van der Waals surface area (Å²) in [6.45, 7) is 15.9. The molecular formula is C16H28N2OS. The van der Waals surface area contributed by atoms with Crippen LogP contribution in [0.4, 0.5) is 0 Å². The van der Waals surface area contributed by atoms with Gasteiger partial charge in [-0.25, -0.2) is 0 Å². The summed E-state index contributed by atoms with van der Waals surface area (Å²) in [5.74, 6) is 0. The first-order valence-corrected chi connectivity index (χ1v) is 8.32. The van der Waals surface area contributed by atoms with Gasteiger partial charge in [-0.3, -0.25) is 4.90 Å². The highest BCUT2D eigenvalue weighted by atomic mass is 32.1. The molecule has 1 N–H and O–H groups in total. The van der Waals surface area contributed by atoms with Gasteiger partial charge in [0, 0.05) is 41.0 Å². The molecule has 1 saturated heterocycles. The monoisotopic (exact) mass is 296 g/mol. The van der Waals surface area contributed by atoms with Crippen LogP contribution >= 0.6 is 11.3 Å². The molecule has 0 bridgehead atoms. The summed E-state index contributed by atoms with van der Waals surface area (Å²) in [6.07, 6.45) is 0. The van der Waals surface area contributed by atoms with E-state index in [2.05, 4.69) is 50.9 Å². The fraction of sp³-hybridized carbons (Fsp3) is 0.750. The van der Waals surface area contributed by atoms with Crippen LogP contribution in [0.1, 0.15) is 43.0 Å². The summed E-state index contributed by atoms with van der Waals surface area (Å²) < 4.78 is 5.51. The van der Waals surface area contributed by atoms with E-state index in [4.69, 9.17) is 4.74 Å². The molecule has 2 rings (SSSR count). The molecule has 1 atom stereocenters. The number of hydrogen-bond acceptors (Lipinski definition) is 4. The molecule has 1 fully saturated rings. The zero-order valence-corrected chi connectivity index (χ0v) is 14.3. The van der Waals surface area contributed by atoms with Gasteiger partial charge in [0.2, 0.25) is 0 Å². The molecule has 3 nitrogen and oxygen atoms in total. The Kier molecular flexibility index (Phi) is 5.24. The lowest BCUT2D eigenvalue weighted by Crippen LogP contribution is -2.42. The Morgan fingerprint density at radius 2 is 2.20 bits per heavy atom. The second-order valence-corrected chi connectivity index (χ2v) is 8.13. The Hall–Kier alpha value is -0.420. The standard InChI is InChI=1S/C16H28N2OS/c1-12-11-19-7-6-18(12)10-14-8-15(20-13(14)2)9-17-16(3,4)5/h8,12,17H,6-7,9-11H2,1-5H3. The third-order valence-corrected chi connectivity index (χ3v) is 4.84. The minimum absolute atomic E-state index is 0.177. The highest BCUT2D eigenvalue weighted by Crippen LogP contribution is 2.24. The Labute approximate surface area is 127 Å². The fourth-order valence-electron chi connectivity index (χ4n) is 2.40. The van der Waals surface area contributed by atoms with Gasteiger partial charge < -0.3 is 10.1 Å². The van der Waals surface area contributed by atoms with Gasteiger partial charge in [0.05, 0.1) is 13.2 Å². The van der Waals surface area contributed by atoms with Crippen LogP contribution in [0.5, 0.6) is 0 Å². The van der Waals surface area contributed by atoms with Gasteiger partial charge in [-0.2, -0.15) is 0 Å². The average molecular weight is 296 g/mol. The van der Waals surface area contributed by atoms with Gasteiger partial charge in [-0.1, -0.05) is 0 Å². The normalized spacial score (nSPS) is 21.4. The van der Waals surface area contributed by atoms with Crippen molar-refractivity contribution >= 4 is 11.3 Å². The zero-order valence-electron chi connectivity index (χ0n) is 13.5. The molecule has 1 aliphatic rings. The van der Waals surface area contributed by atoms with E-state index in [9.17, 15) is 0 Å². The van der Waals surface area contributed by atoms with Crippen LogP contribution in [0, 0.1) is 6.92 Å². The molecule has 0 radical (unpaired) electrons. The summed E-state index contributed by atoms with van der Waals surface area (Å²) in [5, 5.41) is 3.57. The van der Waals surface area contributed by atoms with Crippen LogP contribution in [0.15, 0.2) is 6.07 Å². The summed E-state index contributed by atoms with van der Waals surface area (Å²) >= 11 is 1.92. The van der Waals surface area contributed by atoms with E-state index >= 15 is 0 Å². The van der Waals surface area contributed by atoms with Crippen molar-refractivity contribution < 1.29 is 4.74 Å². The van der Waals surface area contributed by atoms with Crippen LogP contribution in [0.3, 0.4) is 0 Å². The minimum Gasteiger partial charge on any atom is -0.379 e. The number of thiophene rings is 1. The van der Waals surface area contributed by atoms with Crippen LogP contribution < -0.4 is 5.32 Å². The lowest BCUT2D eigenvalue weighted by atomic mass is 10.1. The zero-order chi connectivity index (χ0) is 14.8. The smallest absolute Gasteiger partial charge is 0.0619 e. The van der Waals surface area contributed by atoms with Gasteiger partial charge in [0.15, 0.2) is 0 Å². The van der Waals surface area contributed by atoms with Crippen molar-refractivity contribution in [2.24, 2.45) is 0 Å².